The molecule has 3 aromatic rings. The molecule has 0 aliphatic rings. The molecule has 1 aromatic carbocycles. The summed E-state index contributed by atoms with van der Waals surface area (Å²) in [6, 6.07) is 7.67. The zero-order valence-corrected chi connectivity index (χ0v) is 14.6. The molecule has 132 valence electrons. The summed E-state index contributed by atoms with van der Waals surface area (Å²) in [6.07, 6.45) is 2.64. The van der Waals surface area contributed by atoms with E-state index in [1.807, 2.05) is 31.3 Å². The first-order chi connectivity index (χ1) is 12.2. The Bertz CT molecular complexity index is 831. The largest absolute Gasteiger partial charge is 0.497 e. The fraction of sp³-hybridized carbons (Fsp3) is 0.353. The van der Waals surface area contributed by atoms with Crippen LogP contribution in [0.15, 0.2) is 30.5 Å². The first-order valence-electron chi connectivity index (χ1n) is 8.05. The normalized spacial score (nSPS) is 10.8. The second kappa shape index (κ2) is 7.80. The van der Waals surface area contributed by atoms with Gasteiger partial charge < -0.3 is 20.1 Å². The molecule has 8 heteroatoms. The molecule has 0 unspecified atom stereocenters. The summed E-state index contributed by atoms with van der Waals surface area (Å²) in [4.78, 5) is 9.13. The second-order valence-corrected chi connectivity index (χ2v) is 5.53. The van der Waals surface area contributed by atoms with Gasteiger partial charge in [-0.3, -0.25) is 4.68 Å². The predicted octanol–water partition coefficient (Wildman–Crippen LogP) is 2.56. The average Bonchev–Trinajstić information content (AvgIpc) is 3.01. The predicted molar refractivity (Wildman–Crippen MR) is 97.6 cm³/mol. The van der Waals surface area contributed by atoms with E-state index in [0.29, 0.717) is 18.4 Å². The third kappa shape index (κ3) is 3.97. The highest BCUT2D eigenvalue weighted by molar-refractivity contribution is 5.89. The number of nitrogens with one attached hydrogen (secondary N) is 2. The smallest absolute Gasteiger partial charge is 0.226 e. The van der Waals surface area contributed by atoms with E-state index in [1.54, 1.807) is 25.1 Å². The lowest BCUT2D eigenvalue weighted by Crippen LogP contribution is -2.09. The van der Waals surface area contributed by atoms with Crippen molar-refractivity contribution in [2.45, 2.75) is 6.42 Å². The monoisotopic (exact) mass is 342 g/mol. The molecular weight excluding hydrogens is 320 g/mol. The summed E-state index contributed by atoms with van der Waals surface area (Å²) in [7, 11) is 5.20. The summed E-state index contributed by atoms with van der Waals surface area (Å²) >= 11 is 0. The van der Waals surface area contributed by atoms with Crippen LogP contribution in [0.1, 0.15) is 6.42 Å². The van der Waals surface area contributed by atoms with Crippen LogP contribution in [0.5, 0.6) is 5.75 Å². The van der Waals surface area contributed by atoms with E-state index in [4.69, 9.17) is 9.47 Å². The van der Waals surface area contributed by atoms with Crippen LogP contribution in [0.25, 0.3) is 11.0 Å². The van der Waals surface area contributed by atoms with Crippen LogP contribution in [-0.2, 0) is 11.8 Å². The number of rotatable bonds is 8. The molecule has 8 nitrogen and oxygen atoms in total. The van der Waals surface area contributed by atoms with Gasteiger partial charge in [0.05, 0.1) is 18.7 Å². The van der Waals surface area contributed by atoms with E-state index in [2.05, 4.69) is 25.7 Å². The molecule has 0 atom stereocenters. The zero-order chi connectivity index (χ0) is 17.6. The zero-order valence-electron chi connectivity index (χ0n) is 14.6. The van der Waals surface area contributed by atoms with Crippen molar-refractivity contribution in [1.29, 1.82) is 0 Å². The van der Waals surface area contributed by atoms with Crippen LogP contribution in [0.2, 0.25) is 0 Å². The van der Waals surface area contributed by atoms with Gasteiger partial charge in [-0.25, -0.2) is 0 Å². The van der Waals surface area contributed by atoms with Gasteiger partial charge in [-0.1, -0.05) is 0 Å². The van der Waals surface area contributed by atoms with Gasteiger partial charge in [0, 0.05) is 33.0 Å². The minimum absolute atomic E-state index is 0.559. The number of ether oxygens (including phenoxy) is 2. The SMILES string of the molecule is COCCCNc1nc(Nc2ccc(OC)cc2)c2cnn(C)c2n1. The van der Waals surface area contributed by atoms with Crippen LogP contribution < -0.4 is 15.4 Å². The third-order valence-corrected chi connectivity index (χ3v) is 3.75. The van der Waals surface area contributed by atoms with E-state index in [9.17, 15) is 0 Å². The fourth-order valence-corrected chi connectivity index (χ4v) is 2.42. The van der Waals surface area contributed by atoms with Crippen LogP contribution >= 0.6 is 0 Å². The van der Waals surface area contributed by atoms with Crippen molar-refractivity contribution < 1.29 is 9.47 Å². The number of hydrogen-bond acceptors (Lipinski definition) is 7. The van der Waals surface area contributed by atoms with Crippen LogP contribution in [-0.4, -0.2) is 47.1 Å². The molecule has 0 spiro atoms. The molecule has 2 heterocycles. The lowest BCUT2D eigenvalue weighted by molar-refractivity contribution is 0.197. The van der Waals surface area contributed by atoms with Crippen molar-refractivity contribution in [3.8, 4) is 5.75 Å². The average molecular weight is 342 g/mol. The Labute approximate surface area is 146 Å². The maximum Gasteiger partial charge on any atom is 0.226 e. The number of aromatic nitrogens is 4. The minimum atomic E-state index is 0.559. The summed E-state index contributed by atoms with van der Waals surface area (Å²) in [5.74, 6) is 2.07. The summed E-state index contributed by atoms with van der Waals surface area (Å²) in [5, 5.41) is 11.7. The molecule has 2 N–H and O–H groups in total. The van der Waals surface area contributed by atoms with Gasteiger partial charge >= 0.3 is 0 Å². The van der Waals surface area contributed by atoms with Gasteiger partial charge in [-0.15, -0.1) is 0 Å². The highest BCUT2D eigenvalue weighted by atomic mass is 16.5. The molecule has 0 saturated carbocycles. The van der Waals surface area contributed by atoms with Crippen molar-refractivity contribution in [2.75, 3.05) is 38.0 Å². The van der Waals surface area contributed by atoms with E-state index in [-0.39, 0.29) is 0 Å². The van der Waals surface area contributed by atoms with Crippen molar-refractivity contribution in [3.05, 3.63) is 30.5 Å². The molecule has 3 rings (SSSR count). The van der Waals surface area contributed by atoms with Crippen molar-refractivity contribution >= 4 is 28.5 Å². The van der Waals surface area contributed by atoms with Gasteiger partial charge in [-0.05, 0) is 30.7 Å². The summed E-state index contributed by atoms with van der Waals surface area (Å²) in [6.45, 7) is 1.43. The van der Waals surface area contributed by atoms with Crippen LogP contribution in [0.4, 0.5) is 17.5 Å². The van der Waals surface area contributed by atoms with Crippen molar-refractivity contribution in [1.82, 2.24) is 19.7 Å². The number of fused-ring (bicyclic) bond motifs is 1. The molecule has 0 aliphatic carbocycles. The highest BCUT2D eigenvalue weighted by Crippen LogP contribution is 2.25. The molecule has 0 bridgehead atoms. The Morgan fingerprint density at radius 3 is 2.64 bits per heavy atom. The minimum Gasteiger partial charge on any atom is -0.497 e. The first-order valence-corrected chi connectivity index (χ1v) is 8.05. The number of benzene rings is 1. The molecule has 0 fully saturated rings. The number of methoxy groups -OCH3 is 2. The van der Waals surface area contributed by atoms with Crippen LogP contribution in [0.3, 0.4) is 0 Å². The fourth-order valence-electron chi connectivity index (χ4n) is 2.42. The lowest BCUT2D eigenvalue weighted by Gasteiger charge is -2.10. The molecule has 0 saturated heterocycles. The molecule has 25 heavy (non-hydrogen) atoms. The Hall–Kier alpha value is -2.87. The number of nitrogens with zero attached hydrogens (tertiary/aromatic N) is 4. The first kappa shape index (κ1) is 17.0. The van der Waals surface area contributed by atoms with Gasteiger partial charge in [0.25, 0.3) is 0 Å². The molecule has 2 aromatic heterocycles. The lowest BCUT2D eigenvalue weighted by atomic mass is 10.3. The quantitative estimate of drug-likeness (QED) is 0.608. The summed E-state index contributed by atoms with van der Waals surface area (Å²) in [5.41, 5.74) is 1.68. The third-order valence-electron chi connectivity index (χ3n) is 3.75. The topological polar surface area (TPSA) is 86.1 Å². The van der Waals surface area contributed by atoms with Gasteiger partial charge in [-0.2, -0.15) is 15.1 Å². The number of anilines is 3. The summed E-state index contributed by atoms with van der Waals surface area (Å²) < 4.78 is 12.0. The van der Waals surface area contributed by atoms with Crippen molar-refractivity contribution in [2.24, 2.45) is 7.05 Å². The van der Waals surface area contributed by atoms with E-state index in [1.165, 1.54) is 0 Å². The number of aryl methyl sites for hydroxylation is 1. The van der Waals surface area contributed by atoms with E-state index >= 15 is 0 Å². The van der Waals surface area contributed by atoms with Gasteiger partial charge in [0.15, 0.2) is 5.65 Å². The van der Waals surface area contributed by atoms with Gasteiger partial charge in [0.2, 0.25) is 5.95 Å². The number of hydrogen-bond donors (Lipinski definition) is 2. The molecular formula is C17H22N6O2. The van der Waals surface area contributed by atoms with Gasteiger partial charge in [0.1, 0.15) is 11.6 Å². The molecule has 0 amide bonds. The maximum absolute atomic E-state index is 5.19. The van der Waals surface area contributed by atoms with E-state index < -0.39 is 0 Å². The highest BCUT2D eigenvalue weighted by Gasteiger charge is 2.12. The Kier molecular flexibility index (Phi) is 5.30. The Balaban J connectivity index is 1.86. The van der Waals surface area contributed by atoms with Crippen LogP contribution in [0, 0.1) is 0 Å². The molecule has 0 aliphatic heterocycles. The second-order valence-electron chi connectivity index (χ2n) is 5.53. The Morgan fingerprint density at radius 2 is 1.92 bits per heavy atom. The van der Waals surface area contributed by atoms with E-state index in [0.717, 1.165) is 35.4 Å². The van der Waals surface area contributed by atoms with Crippen molar-refractivity contribution in [3.63, 3.8) is 0 Å². The Morgan fingerprint density at radius 1 is 1.12 bits per heavy atom. The standard InChI is InChI=1S/C17H22N6O2/c1-23-16-14(11-19-23)15(20-12-5-7-13(25-3)8-6-12)21-17(22-16)18-9-4-10-24-2/h5-8,11H,4,9-10H2,1-3H3,(H2,18,20,21,22). The maximum atomic E-state index is 5.19. The molecule has 0 radical (unpaired) electrons.